The van der Waals surface area contributed by atoms with Gasteiger partial charge in [0.25, 0.3) is 0 Å². The maximum absolute atomic E-state index is 12.4. The van der Waals surface area contributed by atoms with Gasteiger partial charge in [-0.15, -0.1) is 10.2 Å². The Balaban J connectivity index is 1.45. The van der Waals surface area contributed by atoms with Gasteiger partial charge in [-0.1, -0.05) is 56.2 Å². The summed E-state index contributed by atoms with van der Waals surface area (Å²) in [5.41, 5.74) is 0. The molecule has 7 heteroatoms. The third-order valence-electron chi connectivity index (χ3n) is 4.88. The lowest BCUT2D eigenvalue weighted by Gasteiger charge is -2.34. The second-order valence-electron chi connectivity index (χ2n) is 7.39. The summed E-state index contributed by atoms with van der Waals surface area (Å²) in [7, 11) is 0. The van der Waals surface area contributed by atoms with Gasteiger partial charge in [-0.25, -0.2) is 0 Å². The third kappa shape index (κ3) is 5.09. The molecule has 2 fully saturated rings. The molecule has 0 unspecified atom stereocenters. The van der Waals surface area contributed by atoms with Crippen LogP contribution in [0.1, 0.15) is 52.4 Å². The number of rotatable bonds is 5. The fourth-order valence-corrected chi connectivity index (χ4v) is 5.56. The Kier molecular flexibility index (Phi) is 6.38. The van der Waals surface area contributed by atoms with Crippen LogP contribution in [0.4, 0.5) is 5.13 Å². The molecule has 1 aliphatic carbocycles. The topological polar surface area (TPSA) is 58.1 Å². The van der Waals surface area contributed by atoms with Crippen LogP contribution in [0.5, 0.6) is 0 Å². The average molecular weight is 369 g/mol. The predicted molar refractivity (Wildman–Crippen MR) is 101 cm³/mol. The minimum absolute atomic E-state index is 0.232. The molecule has 5 nitrogen and oxygen atoms in total. The first-order valence-electron chi connectivity index (χ1n) is 9.10. The van der Waals surface area contributed by atoms with Crippen molar-refractivity contribution in [2.24, 2.45) is 11.8 Å². The zero-order valence-corrected chi connectivity index (χ0v) is 16.3. The summed E-state index contributed by atoms with van der Waals surface area (Å²) >= 11 is 3.10. The quantitative estimate of drug-likeness (QED) is 0.799. The van der Waals surface area contributed by atoms with E-state index in [0.717, 1.165) is 22.6 Å². The van der Waals surface area contributed by atoms with Crippen LogP contribution in [0.25, 0.3) is 0 Å². The molecular weight excluding hydrogens is 340 g/mol. The Hall–Kier alpha value is -0.820. The Bertz CT molecular complexity index is 534. The van der Waals surface area contributed by atoms with Crippen molar-refractivity contribution in [2.75, 3.05) is 24.2 Å². The molecule has 2 atom stereocenters. The molecule has 24 heavy (non-hydrogen) atoms. The number of likely N-dealkylation sites (tertiary alicyclic amines) is 1. The van der Waals surface area contributed by atoms with Gasteiger partial charge in [0.15, 0.2) is 4.34 Å². The van der Waals surface area contributed by atoms with Gasteiger partial charge < -0.3 is 10.2 Å². The fraction of sp³-hybridized carbons (Fsp3) is 0.824. The van der Waals surface area contributed by atoms with Gasteiger partial charge >= 0.3 is 0 Å². The highest BCUT2D eigenvalue weighted by Gasteiger charge is 2.25. The van der Waals surface area contributed by atoms with Crippen molar-refractivity contribution in [1.29, 1.82) is 0 Å². The number of anilines is 1. The van der Waals surface area contributed by atoms with E-state index < -0.39 is 0 Å². The number of nitrogens with zero attached hydrogens (tertiary/aromatic N) is 3. The summed E-state index contributed by atoms with van der Waals surface area (Å²) in [5, 5.41) is 12.9. The van der Waals surface area contributed by atoms with E-state index in [-0.39, 0.29) is 5.91 Å². The number of thioether (sulfide) groups is 1. The van der Waals surface area contributed by atoms with Crippen molar-refractivity contribution in [3.8, 4) is 0 Å². The molecule has 2 aliphatic rings. The molecule has 1 N–H and O–H groups in total. The minimum atomic E-state index is 0.232. The number of carbonyl (C=O) groups excluding carboxylic acids is 1. The Labute approximate surface area is 153 Å². The number of hydrogen-bond acceptors (Lipinski definition) is 6. The molecule has 0 bridgehead atoms. The first-order chi connectivity index (χ1) is 11.6. The van der Waals surface area contributed by atoms with E-state index in [4.69, 9.17) is 0 Å². The van der Waals surface area contributed by atoms with Crippen molar-refractivity contribution in [1.82, 2.24) is 15.1 Å². The lowest BCUT2D eigenvalue weighted by molar-refractivity contribution is -0.130. The molecule has 1 aliphatic heterocycles. The highest BCUT2D eigenvalue weighted by atomic mass is 32.2. The van der Waals surface area contributed by atoms with E-state index in [0.29, 0.717) is 23.6 Å². The average Bonchev–Trinajstić information content (AvgIpc) is 3.00. The van der Waals surface area contributed by atoms with Gasteiger partial charge in [-0.2, -0.15) is 0 Å². The summed E-state index contributed by atoms with van der Waals surface area (Å²) in [5.74, 6) is 1.92. The second-order valence-corrected chi connectivity index (χ2v) is 9.59. The van der Waals surface area contributed by atoms with Crippen molar-refractivity contribution < 1.29 is 4.79 Å². The van der Waals surface area contributed by atoms with E-state index in [1.54, 1.807) is 11.3 Å². The number of aromatic nitrogens is 2. The summed E-state index contributed by atoms with van der Waals surface area (Å²) < 4.78 is 0.889. The Morgan fingerprint density at radius 1 is 1.21 bits per heavy atom. The zero-order chi connectivity index (χ0) is 16.9. The molecule has 0 aromatic carbocycles. The van der Waals surface area contributed by atoms with E-state index in [2.05, 4.69) is 29.4 Å². The molecular formula is C17H28N4OS2. The summed E-state index contributed by atoms with van der Waals surface area (Å²) in [6.07, 6.45) is 7.64. The molecule has 0 radical (unpaired) electrons. The van der Waals surface area contributed by atoms with E-state index in [1.165, 1.54) is 50.3 Å². The molecule has 3 rings (SSSR count). The highest BCUT2D eigenvalue weighted by Crippen LogP contribution is 2.29. The van der Waals surface area contributed by atoms with E-state index >= 15 is 0 Å². The maximum atomic E-state index is 12.4. The number of nitrogens with one attached hydrogen (secondary N) is 1. The number of carbonyl (C=O) groups is 1. The lowest BCUT2D eigenvalue weighted by atomic mass is 9.92. The van der Waals surface area contributed by atoms with Crippen molar-refractivity contribution in [2.45, 2.75) is 62.8 Å². The lowest BCUT2D eigenvalue weighted by Crippen LogP contribution is -2.43. The largest absolute Gasteiger partial charge is 0.357 e. The molecule has 2 heterocycles. The third-order valence-corrected chi connectivity index (χ3v) is 6.85. The Morgan fingerprint density at radius 2 is 1.92 bits per heavy atom. The number of piperidine rings is 1. The van der Waals surface area contributed by atoms with Gasteiger partial charge in [0.2, 0.25) is 11.0 Å². The molecule has 134 valence electrons. The van der Waals surface area contributed by atoms with E-state index in [1.807, 2.05) is 4.90 Å². The molecule has 0 spiro atoms. The standard InChI is InChI=1S/C17H28N4OS2/c1-12-8-13(2)10-21(9-12)15(22)11-23-17-20-19-16(24-17)18-14-6-4-3-5-7-14/h12-14H,3-11H2,1-2H3,(H,18,19)/t12-,13+. The van der Waals surface area contributed by atoms with Crippen LogP contribution < -0.4 is 5.32 Å². The van der Waals surface area contributed by atoms with Crippen LogP contribution in [-0.4, -0.2) is 45.9 Å². The first-order valence-corrected chi connectivity index (χ1v) is 10.9. The highest BCUT2D eigenvalue weighted by molar-refractivity contribution is 8.01. The monoisotopic (exact) mass is 368 g/mol. The zero-order valence-electron chi connectivity index (χ0n) is 14.7. The SMILES string of the molecule is C[C@@H]1C[C@H](C)CN(C(=O)CSc2nnc(NC3CCCCC3)s2)C1. The van der Waals surface area contributed by atoms with Gasteiger partial charge in [0, 0.05) is 19.1 Å². The number of hydrogen-bond donors (Lipinski definition) is 1. The van der Waals surface area contributed by atoms with Crippen LogP contribution in [0.2, 0.25) is 0 Å². The van der Waals surface area contributed by atoms with Crippen LogP contribution in [0.3, 0.4) is 0 Å². The molecule has 1 saturated heterocycles. The van der Waals surface area contributed by atoms with Gasteiger partial charge in [-0.05, 0) is 31.1 Å². The molecule has 1 saturated carbocycles. The maximum Gasteiger partial charge on any atom is 0.233 e. The normalized spacial score (nSPS) is 25.7. The summed E-state index contributed by atoms with van der Waals surface area (Å²) in [6, 6.07) is 0.544. The Morgan fingerprint density at radius 3 is 2.62 bits per heavy atom. The summed E-state index contributed by atoms with van der Waals surface area (Å²) in [4.78, 5) is 14.5. The molecule has 1 aromatic rings. The van der Waals surface area contributed by atoms with Crippen LogP contribution in [-0.2, 0) is 4.79 Å². The second kappa shape index (κ2) is 8.52. The van der Waals surface area contributed by atoms with Crippen LogP contribution >= 0.6 is 23.1 Å². The van der Waals surface area contributed by atoms with Crippen molar-refractivity contribution in [3.05, 3.63) is 0 Å². The van der Waals surface area contributed by atoms with Crippen LogP contribution in [0.15, 0.2) is 4.34 Å². The minimum Gasteiger partial charge on any atom is -0.357 e. The van der Waals surface area contributed by atoms with Gasteiger partial charge in [0.05, 0.1) is 5.75 Å². The van der Waals surface area contributed by atoms with Gasteiger partial charge in [-0.3, -0.25) is 4.79 Å². The number of amides is 1. The predicted octanol–water partition coefficient (Wildman–Crippen LogP) is 3.88. The first kappa shape index (κ1) is 18.0. The smallest absolute Gasteiger partial charge is 0.233 e. The molecule has 1 aromatic heterocycles. The van der Waals surface area contributed by atoms with Crippen LogP contribution in [0, 0.1) is 11.8 Å². The van der Waals surface area contributed by atoms with E-state index in [9.17, 15) is 4.79 Å². The fourth-order valence-electron chi connectivity index (χ4n) is 3.83. The molecule has 1 amide bonds. The van der Waals surface area contributed by atoms with Crippen molar-refractivity contribution >= 4 is 34.1 Å². The van der Waals surface area contributed by atoms with Gasteiger partial charge in [0.1, 0.15) is 0 Å². The van der Waals surface area contributed by atoms with Crippen molar-refractivity contribution in [3.63, 3.8) is 0 Å². The summed E-state index contributed by atoms with van der Waals surface area (Å²) in [6.45, 7) is 6.26.